The van der Waals surface area contributed by atoms with Gasteiger partial charge in [-0.3, -0.25) is 4.79 Å². The van der Waals surface area contributed by atoms with Crippen LogP contribution in [0.4, 0.5) is 5.69 Å². The number of nitrogens with zero attached hydrogens (tertiary/aromatic N) is 3. The van der Waals surface area contributed by atoms with E-state index in [9.17, 15) is 9.90 Å². The maximum Gasteiger partial charge on any atom is 0.150 e. The zero-order chi connectivity index (χ0) is 17.9. The van der Waals surface area contributed by atoms with Gasteiger partial charge in [-0.05, 0) is 36.8 Å². The molecule has 1 aliphatic heterocycles. The number of aromatic nitrogens is 2. The lowest BCUT2D eigenvalue weighted by molar-refractivity contribution is 0.112. The van der Waals surface area contributed by atoms with Crippen molar-refractivity contribution in [3.8, 4) is 11.3 Å². The molecule has 0 bridgehead atoms. The first-order valence-electron chi connectivity index (χ1n) is 8.91. The molecule has 0 spiro atoms. The molecule has 1 unspecified atom stereocenters. The molecule has 0 amide bonds. The number of benzene rings is 1. The Morgan fingerprint density at radius 3 is 3.04 bits per heavy atom. The summed E-state index contributed by atoms with van der Waals surface area (Å²) in [7, 11) is 0. The van der Waals surface area contributed by atoms with Crippen LogP contribution in [0, 0.1) is 0 Å². The second-order valence-corrected chi connectivity index (χ2v) is 6.55. The van der Waals surface area contributed by atoms with Crippen LogP contribution in [0.25, 0.3) is 16.9 Å². The van der Waals surface area contributed by atoms with Crippen molar-refractivity contribution in [1.82, 2.24) is 14.7 Å². The molecule has 6 nitrogen and oxygen atoms in total. The van der Waals surface area contributed by atoms with E-state index in [1.165, 1.54) is 0 Å². The van der Waals surface area contributed by atoms with Crippen LogP contribution < -0.4 is 10.2 Å². The van der Waals surface area contributed by atoms with E-state index >= 15 is 0 Å². The van der Waals surface area contributed by atoms with Gasteiger partial charge in [0, 0.05) is 61.5 Å². The molecule has 0 saturated carbocycles. The van der Waals surface area contributed by atoms with E-state index in [1.54, 1.807) is 0 Å². The molecule has 0 aliphatic carbocycles. The van der Waals surface area contributed by atoms with Crippen molar-refractivity contribution in [2.24, 2.45) is 0 Å². The summed E-state index contributed by atoms with van der Waals surface area (Å²) in [6, 6.07) is 11.9. The van der Waals surface area contributed by atoms with E-state index in [2.05, 4.69) is 10.2 Å². The lowest BCUT2D eigenvalue weighted by atomic mass is 10.0. The second-order valence-electron chi connectivity index (χ2n) is 6.55. The van der Waals surface area contributed by atoms with Crippen molar-refractivity contribution in [2.45, 2.75) is 12.5 Å². The number of imidazole rings is 1. The SMILES string of the molecule is O=Cc1ccc(N2CCNCC2CCO)c(-c2cn3ccccc3n2)c1. The first-order valence-corrected chi connectivity index (χ1v) is 8.91. The number of hydrogen-bond acceptors (Lipinski definition) is 5. The van der Waals surface area contributed by atoms with Crippen LogP contribution in [0.1, 0.15) is 16.8 Å². The molecular weight excluding hydrogens is 328 g/mol. The molecule has 4 rings (SSSR count). The van der Waals surface area contributed by atoms with Crippen LogP contribution in [0.3, 0.4) is 0 Å². The van der Waals surface area contributed by atoms with Gasteiger partial charge in [-0.1, -0.05) is 6.07 Å². The molecule has 1 aliphatic rings. The van der Waals surface area contributed by atoms with Gasteiger partial charge in [0.15, 0.2) is 0 Å². The second kappa shape index (κ2) is 7.27. The number of aliphatic hydroxyl groups excluding tert-OH is 1. The summed E-state index contributed by atoms with van der Waals surface area (Å²) in [5.74, 6) is 0. The lowest BCUT2D eigenvalue weighted by Crippen LogP contribution is -2.52. The van der Waals surface area contributed by atoms with Crippen molar-refractivity contribution in [1.29, 1.82) is 0 Å². The maximum absolute atomic E-state index is 11.3. The first kappa shape index (κ1) is 16.8. The van der Waals surface area contributed by atoms with Crippen molar-refractivity contribution in [3.63, 3.8) is 0 Å². The number of carbonyl (C=O) groups is 1. The van der Waals surface area contributed by atoms with Crippen LogP contribution in [-0.2, 0) is 0 Å². The zero-order valence-electron chi connectivity index (χ0n) is 14.5. The van der Waals surface area contributed by atoms with E-state index in [0.717, 1.165) is 48.5 Å². The molecule has 6 heteroatoms. The van der Waals surface area contributed by atoms with Crippen LogP contribution in [-0.4, -0.2) is 53.1 Å². The summed E-state index contributed by atoms with van der Waals surface area (Å²) < 4.78 is 1.98. The van der Waals surface area contributed by atoms with E-state index in [4.69, 9.17) is 4.98 Å². The Labute approximate surface area is 152 Å². The number of anilines is 1. The highest BCUT2D eigenvalue weighted by Gasteiger charge is 2.25. The number of hydrogen-bond donors (Lipinski definition) is 2. The fourth-order valence-corrected chi connectivity index (χ4v) is 3.63. The fraction of sp³-hybridized carbons (Fsp3) is 0.300. The highest BCUT2D eigenvalue weighted by molar-refractivity contribution is 5.85. The molecular formula is C20H22N4O2. The average molecular weight is 350 g/mol. The third kappa shape index (κ3) is 3.09. The molecule has 1 atom stereocenters. The van der Waals surface area contributed by atoms with Gasteiger partial charge in [0.1, 0.15) is 11.9 Å². The normalized spacial score (nSPS) is 17.6. The van der Waals surface area contributed by atoms with E-state index in [1.807, 2.05) is 53.2 Å². The van der Waals surface area contributed by atoms with Gasteiger partial charge in [0.25, 0.3) is 0 Å². The molecule has 0 radical (unpaired) electrons. The maximum atomic E-state index is 11.3. The topological polar surface area (TPSA) is 69.9 Å². The van der Waals surface area contributed by atoms with Crippen LogP contribution in [0.2, 0.25) is 0 Å². The Bertz CT molecular complexity index is 886. The number of piperazine rings is 1. The summed E-state index contributed by atoms with van der Waals surface area (Å²) in [6.45, 7) is 2.73. The van der Waals surface area contributed by atoms with E-state index < -0.39 is 0 Å². The van der Waals surface area contributed by atoms with Gasteiger partial charge in [-0.15, -0.1) is 0 Å². The van der Waals surface area contributed by atoms with Crippen LogP contribution >= 0.6 is 0 Å². The summed E-state index contributed by atoms with van der Waals surface area (Å²) in [5.41, 5.74) is 4.35. The van der Waals surface area contributed by atoms with Gasteiger partial charge < -0.3 is 19.7 Å². The highest BCUT2D eigenvalue weighted by atomic mass is 16.3. The summed E-state index contributed by atoms with van der Waals surface area (Å²) in [6.07, 6.45) is 5.53. The van der Waals surface area contributed by atoms with Crippen molar-refractivity contribution >= 4 is 17.6 Å². The molecule has 1 aromatic carbocycles. The Hall–Kier alpha value is -2.70. The minimum absolute atomic E-state index is 0.152. The number of aliphatic hydroxyl groups is 1. The smallest absolute Gasteiger partial charge is 0.150 e. The minimum atomic E-state index is 0.152. The van der Waals surface area contributed by atoms with Crippen molar-refractivity contribution < 1.29 is 9.90 Å². The van der Waals surface area contributed by atoms with Gasteiger partial charge in [0.2, 0.25) is 0 Å². The number of nitrogens with one attached hydrogen (secondary N) is 1. The van der Waals surface area contributed by atoms with Crippen molar-refractivity contribution in [2.75, 3.05) is 31.1 Å². The summed E-state index contributed by atoms with van der Waals surface area (Å²) >= 11 is 0. The number of rotatable bonds is 5. The first-order chi connectivity index (χ1) is 12.8. The van der Waals surface area contributed by atoms with Crippen LogP contribution in [0.15, 0.2) is 48.8 Å². The van der Waals surface area contributed by atoms with Gasteiger partial charge in [0.05, 0.1) is 5.69 Å². The molecule has 134 valence electrons. The number of pyridine rings is 1. The van der Waals surface area contributed by atoms with E-state index in [-0.39, 0.29) is 12.6 Å². The molecule has 3 heterocycles. The molecule has 3 aromatic rings. The number of aldehydes is 1. The van der Waals surface area contributed by atoms with Crippen LogP contribution in [0.5, 0.6) is 0 Å². The summed E-state index contributed by atoms with van der Waals surface area (Å²) in [5, 5.41) is 12.8. The highest BCUT2D eigenvalue weighted by Crippen LogP contribution is 2.33. The van der Waals surface area contributed by atoms with Gasteiger partial charge in [-0.25, -0.2) is 4.98 Å². The fourth-order valence-electron chi connectivity index (χ4n) is 3.63. The van der Waals surface area contributed by atoms with Crippen molar-refractivity contribution in [3.05, 3.63) is 54.4 Å². The van der Waals surface area contributed by atoms with Gasteiger partial charge in [-0.2, -0.15) is 0 Å². The Kier molecular flexibility index (Phi) is 4.69. The van der Waals surface area contributed by atoms with E-state index in [0.29, 0.717) is 12.0 Å². The Balaban J connectivity index is 1.83. The zero-order valence-corrected chi connectivity index (χ0v) is 14.5. The summed E-state index contributed by atoms with van der Waals surface area (Å²) in [4.78, 5) is 18.4. The predicted molar refractivity (Wildman–Crippen MR) is 102 cm³/mol. The third-order valence-electron chi connectivity index (χ3n) is 4.92. The molecule has 2 N–H and O–H groups in total. The number of carbonyl (C=O) groups excluding carboxylic acids is 1. The minimum Gasteiger partial charge on any atom is -0.396 e. The van der Waals surface area contributed by atoms with Gasteiger partial charge >= 0.3 is 0 Å². The molecule has 2 aromatic heterocycles. The number of fused-ring (bicyclic) bond motifs is 1. The quantitative estimate of drug-likeness (QED) is 0.689. The molecule has 1 fully saturated rings. The Morgan fingerprint density at radius 1 is 1.31 bits per heavy atom. The lowest BCUT2D eigenvalue weighted by Gasteiger charge is -2.38. The molecule has 1 saturated heterocycles. The molecule has 26 heavy (non-hydrogen) atoms. The monoisotopic (exact) mass is 350 g/mol. The average Bonchev–Trinajstić information content (AvgIpc) is 3.12. The Morgan fingerprint density at radius 2 is 2.23 bits per heavy atom. The predicted octanol–water partition coefficient (Wildman–Crippen LogP) is 1.97. The standard InChI is InChI=1S/C20H22N4O2/c25-10-6-16-12-21-7-9-24(16)19-5-4-15(14-26)11-17(19)18-13-23-8-2-1-3-20(23)22-18/h1-5,8,11,13-14,16,21,25H,6-7,9-10,12H2. The largest absolute Gasteiger partial charge is 0.396 e. The third-order valence-corrected chi connectivity index (χ3v) is 4.92.